The number of anilines is 1. The third-order valence-electron chi connectivity index (χ3n) is 4.55. The van der Waals surface area contributed by atoms with Crippen LogP contribution in [0.25, 0.3) is 0 Å². The molecule has 3 rings (SSSR count). The zero-order valence-electron chi connectivity index (χ0n) is 11.6. The average Bonchev–Trinajstić information content (AvgIpc) is 3.36. The molecule has 2 aliphatic carbocycles. The highest BCUT2D eigenvalue weighted by molar-refractivity contribution is 5.95. The fourth-order valence-electron chi connectivity index (χ4n) is 2.89. The van der Waals surface area contributed by atoms with Crippen molar-refractivity contribution < 1.29 is 9.72 Å². The van der Waals surface area contributed by atoms with Crippen LogP contribution in [0.15, 0.2) is 18.2 Å². The molecule has 0 saturated heterocycles. The van der Waals surface area contributed by atoms with E-state index in [-0.39, 0.29) is 22.8 Å². The standard InChI is InChI=1S/C14H18N4O3/c15-17-11-4-1-9(7-12(11)18(20)21)13(19)16-8-14(5-6-14)10-2-3-10/h1,4,7,10,17H,2-3,5-6,8,15H2,(H,16,19). The van der Waals surface area contributed by atoms with Gasteiger partial charge in [-0.25, -0.2) is 0 Å². The van der Waals surface area contributed by atoms with E-state index in [1.54, 1.807) is 0 Å². The summed E-state index contributed by atoms with van der Waals surface area (Å²) in [4.78, 5) is 22.6. The van der Waals surface area contributed by atoms with Crippen molar-refractivity contribution >= 4 is 17.3 Å². The highest BCUT2D eigenvalue weighted by Crippen LogP contribution is 2.60. The third-order valence-corrected chi connectivity index (χ3v) is 4.55. The number of carbonyl (C=O) groups is 1. The van der Waals surface area contributed by atoms with Crippen LogP contribution in [0.4, 0.5) is 11.4 Å². The van der Waals surface area contributed by atoms with E-state index in [2.05, 4.69) is 10.7 Å². The van der Waals surface area contributed by atoms with Gasteiger partial charge in [-0.15, -0.1) is 0 Å². The van der Waals surface area contributed by atoms with Gasteiger partial charge in [0.25, 0.3) is 11.6 Å². The summed E-state index contributed by atoms with van der Waals surface area (Å²) in [6.07, 6.45) is 4.87. The molecule has 4 N–H and O–H groups in total. The third kappa shape index (κ3) is 2.69. The van der Waals surface area contributed by atoms with Crippen LogP contribution in [0.3, 0.4) is 0 Å². The van der Waals surface area contributed by atoms with Crippen LogP contribution in [0.1, 0.15) is 36.0 Å². The van der Waals surface area contributed by atoms with Crippen LogP contribution in [0.5, 0.6) is 0 Å². The Bertz CT molecular complexity index is 594. The van der Waals surface area contributed by atoms with E-state index in [1.165, 1.54) is 43.9 Å². The van der Waals surface area contributed by atoms with Crippen LogP contribution in [0, 0.1) is 21.4 Å². The number of nitrogens with two attached hydrogens (primary N) is 1. The Balaban J connectivity index is 1.69. The Morgan fingerprint density at radius 2 is 2.14 bits per heavy atom. The molecule has 7 nitrogen and oxygen atoms in total. The molecule has 0 heterocycles. The Morgan fingerprint density at radius 3 is 2.67 bits per heavy atom. The number of hydrazine groups is 1. The maximum atomic E-state index is 12.2. The monoisotopic (exact) mass is 290 g/mol. The number of carbonyl (C=O) groups excluding carboxylic acids is 1. The topological polar surface area (TPSA) is 110 Å². The average molecular weight is 290 g/mol. The number of amides is 1. The van der Waals surface area contributed by atoms with E-state index >= 15 is 0 Å². The van der Waals surface area contributed by atoms with Crippen molar-refractivity contribution in [3.63, 3.8) is 0 Å². The van der Waals surface area contributed by atoms with Crippen molar-refractivity contribution in [3.8, 4) is 0 Å². The van der Waals surface area contributed by atoms with Crippen LogP contribution in [-0.2, 0) is 0 Å². The van der Waals surface area contributed by atoms with Gasteiger partial charge in [-0.2, -0.15) is 0 Å². The number of nitro groups is 1. The van der Waals surface area contributed by atoms with E-state index in [0.29, 0.717) is 12.0 Å². The van der Waals surface area contributed by atoms with Crippen molar-refractivity contribution in [1.29, 1.82) is 0 Å². The predicted molar refractivity (Wildman–Crippen MR) is 77.6 cm³/mol. The number of benzene rings is 1. The lowest BCUT2D eigenvalue weighted by Gasteiger charge is -2.15. The molecule has 21 heavy (non-hydrogen) atoms. The first-order valence-corrected chi connectivity index (χ1v) is 7.09. The molecule has 0 radical (unpaired) electrons. The first-order chi connectivity index (χ1) is 10.1. The summed E-state index contributed by atoms with van der Waals surface area (Å²) in [5.41, 5.74) is 2.84. The first-order valence-electron chi connectivity index (χ1n) is 7.09. The van der Waals surface area contributed by atoms with Gasteiger partial charge in [-0.1, -0.05) is 0 Å². The molecular formula is C14H18N4O3. The van der Waals surface area contributed by atoms with Crippen LogP contribution >= 0.6 is 0 Å². The minimum atomic E-state index is -0.557. The molecule has 112 valence electrons. The second kappa shape index (κ2) is 5.00. The van der Waals surface area contributed by atoms with E-state index in [9.17, 15) is 14.9 Å². The van der Waals surface area contributed by atoms with Crippen LogP contribution in [0.2, 0.25) is 0 Å². The van der Waals surface area contributed by atoms with Gasteiger partial charge in [0, 0.05) is 18.2 Å². The summed E-state index contributed by atoms with van der Waals surface area (Å²) in [6, 6.07) is 4.23. The van der Waals surface area contributed by atoms with Gasteiger partial charge in [0.2, 0.25) is 0 Å². The lowest BCUT2D eigenvalue weighted by Crippen LogP contribution is -2.31. The fraction of sp³-hybridized carbons (Fsp3) is 0.500. The van der Waals surface area contributed by atoms with E-state index in [1.807, 2.05) is 0 Å². The summed E-state index contributed by atoms with van der Waals surface area (Å²) in [5.74, 6) is 5.71. The second-order valence-electron chi connectivity index (χ2n) is 5.95. The quantitative estimate of drug-likeness (QED) is 0.420. The van der Waals surface area contributed by atoms with Crippen molar-refractivity contribution in [2.75, 3.05) is 12.0 Å². The molecule has 1 aromatic rings. The first kappa shape index (κ1) is 13.8. The van der Waals surface area contributed by atoms with Crippen LogP contribution in [-0.4, -0.2) is 17.4 Å². The highest BCUT2D eigenvalue weighted by atomic mass is 16.6. The summed E-state index contributed by atoms with van der Waals surface area (Å²) in [6.45, 7) is 0.668. The van der Waals surface area contributed by atoms with E-state index < -0.39 is 4.92 Å². The molecule has 0 unspecified atom stereocenters. The molecule has 0 aromatic heterocycles. The maximum absolute atomic E-state index is 12.2. The van der Waals surface area contributed by atoms with Gasteiger partial charge in [0.15, 0.2) is 0 Å². The summed E-state index contributed by atoms with van der Waals surface area (Å²) in [5, 5.41) is 13.9. The molecule has 0 atom stereocenters. The second-order valence-corrected chi connectivity index (χ2v) is 5.95. The highest BCUT2D eigenvalue weighted by Gasteiger charge is 2.53. The molecular weight excluding hydrogens is 272 g/mol. The maximum Gasteiger partial charge on any atom is 0.294 e. The Labute approximate surface area is 122 Å². The number of rotatable bonds is 6. The predicted octanol–water partition coefficient (Wildman–Crippen LogP) is 1.80. The fourth-order valence-corrected chi connectivity index (χ4v) is 2.89. The van der Waals surface area contributed by atoms with E-state index in [4.69, 9.17) is 5.84 Å². The van der Waals surface area contributed by atoms with Crippen molar-refractivity contribution in [1.82, 2.24) is 5.32 Å². The minimum Gasteiger partial charge on any atom is -0.351 e. The Morgan fingerprint density at radius 1 is 1.43 bits per heavy atom. The van der Waals surface area contributed by atoms with Gasteiger partial charge in [-0.3, -0.25) is 20.8 Å². The Kier molecular flexibility index (Phi) is 3.29. The number of nitro benzene ring substituents is 1. The molecule has 0 spiro atoms. The van der Waals surface area contributed by atoms with Gasteiger partial charge in [0.1, 0.15) is 5.69 Å². The molecule has 2 saturated carbocycles. The lowest BCUT2D eigenvalue weighted by atomic mass is 10.0. The molecule has 1 aromatic carbocycles. The van der Waals surface area contributed by atoms with Gasteiger partial charge in [0.05, 0.1) is 4.92 Å². The minimum absolute atomic E-state index is 0.188. The van der Waals surface area contributed by atoms with Crippen molar-refractivity contribution in [2.24, 2.45) is 17.2 Å². The van der Waals surface area contributed by atoms with E-state index in [0.717, 1.165) is 5.92 Å². The Hall–Kier alpha value is -2.15. The molecule has 2 fully saturated rings. The number of hydrogen-bond acceptors (Lipinski definition) is 5. The van der Waals surface area contributed by atoms with Gasteiger partial charge >= 0.3 is 0 Å². The van der Waals surface area contributed by atoms with Crippen molar-refractivity contribution in [3.05, 3.63) is 33.9 Å². The zero-order chi connectivity index (χ0) is 15.0. The zero-order valence-corrected chi connectivity index (χ0v) is 11.6. The van der Waals surface area contributed by atoms with Gasteiger partial charge in [-0.05, 0) is 49.1 Å². The molecule has 0 aliphatic heterocycles. The number of nitrogens with one attached hydrogen (secondary N) is 2. The lowest BCUT2D eigenvalue weighted by molar-refractivity contribution is -0.384. The largest absolute Gasteiger partial charge is 0.351 e. The number of nitrogens with zero attached hydrogens (tertiary/aromatic N) is 1. The molecule has 7 heteroatoms. The molecule has 2 aliphatic rings. The van der Waals surface area contributed by atoms with Crippen LogP contribution < -0.4 is 16.6 Å². The van der Waals surface area contributed by atoms with Crippen molar-refractivity contribution in [2.45, 2.75) is 25.7 Å². The number of nitrogen functional groups attached to an aromatic ring is 1. The van der Waals surface area contributed by atoms with Gasteiger partial charge < -0.3 is 10.7 Å². The molecule has 0 bridgehead atoms. The molecule has 1 amide bonds. The smallest absolute Gasteiger partial charge is 0.294 e. The normalized spacial score (nSPS) is 18.9. The summed E-state index contributed by atoms with van der Waals surface area (Å²) >= 11 is 0. The summed E-state index contributed by atoms with van der Waals surface area (Å²) in [7, 11) is 0. The SMILES string of the molecule is NNc1ccc(C(=O)NCC2(C3CC3)CC2)cc1[N+](=O)[O-]. The summed E-state index contributed by atoms with van der Waals surface area (Å²) < 4.78 is 0. The number of hydrogen-bond donors (Lipinski definition) is 3.